The summed E-state index contributed by atoms with van der Waals surface area (Å²) >= 11 is 0. The minimum atomic E-state index is -1.09. The number of ether oxygens (including phenoxy) is 2. The van der Waals surface area contributed by atoms with Gasteiger partial charge < -0.3 is 9.47 Å². The highest BCUT2D eigenvalue weighted by Crippen LogP contribution is 2.35. The molecule has 4 nitrogen and oxygen atoms in total. The first-order valence-electron chi connectivity index (χ1n) is 6.71. The molecule has 0 bridgehead atoms. The Morgan fingerprint density at radius 2 is 1.90 bits per heavy atom. The highest BCUT2D eigenvalue weighted by Gasteiger charge is 2.39. The Balaban J connectivity index is 2.32. The summed E-state index contributed by atoms with van der Waals surface area (Å²) in [4.78, 5) is 24.6. The van der Waals surface area contributed by atoms with Crippen molar-refractivity contribution in [3.63, 3.8) is 0 Å². The van der Waals surface area contributed by atoms with Crippen LogP contribution in [0.1, 0.15) is 23.2 Å². The molecule has 110 valence electrons. The molecular formula is C17H18O4. The Morgan fingerprint density at radius 1 is 1.19 bits per heavy atom. The van der Waals surface area contributed by atoms with Gasteiger partial charge in [0.2, 0.25) is 0 Å². The molecule has 1 aliphatic rings. The lowest BCUT2D eigenvalue weighted by atomic mass is 9.78. The Bertz CT molecular complexity index is 586. The van der Waals surface area contributed by atoms with Gasteiger partial charge >= 0.3 is 5.97 Å². The molecule has 0 radical (unpaired) electrons. The van der Waals surface area contributed by atoms with Crippen molar-refractivity contribution in [1.82, 2.24) is 0 Å². The van der Waals surface area contributed by atoms with Crippen LogP contribution in [0, 0.1) is 5.41 Å². The van der Waals surface area contributed by atoms with Gasteiger partial charge in [-0.05, 0) is 6.08 Å². The van der Waals surface area contributed by atoms with Gasteiger partial charge in [0.05, 0.1) is 20.0 Å². The van der Waals surface area contributed by atoms with Crippen molar-refractivity contribution >= 4 is 11.8 Å². The summed E-state index contributed by atoms with van der Waals surface area (Å²) in [6, 6.07) is 8.91. The van der Waals surface area contributed by atoms with Gasteiger partial charge in [0, 0.05) is 18.4 Å². The van der Waals surface area contributed by atoms with E-state index in [1.165, 1.54) is 7.11 Å². The first kappa shape index (κ1) is 15.0. The van der Waals surface area contributed by atoms with Crippen LogP contribution in [0.25, 0.3) is 0 Å². The number of esters is 1. The Hall–Kier alpha value is -2.36. The Morgan fingerprint density at radius 3 is 2.52 bits per heavy atom. The van der Waals surface area contributed by atoms with E-state index in [1.54, 1.807) is 43.5 Å². The van der Waals surface area contributed by atoms with E-state index in [-0.39, 0.29) is 12.2 Å². The fraction of sp³-hybridized carbons (Fsp3) is 0.294. The molecule has 0 saturated carbocycles. The zero-order chi connectivity index (χ0) is 15.3. The first-order chi connectivity index (χ1) is 10.1. The number of Topliss-reactive ketones (excluding diaryl/α,β-unsaturated/α-hetero) is 1. The van der Waals surface area contributed by atoms with Crippen molar-refractivity contribution in [2.45, 2.75) is 12.8 Å². The van der Waals surface area contributed by atoms with Gasteiger partial charge in [-0.25, -0.2) is 0 Å². The monoisotopic (exact) mass is 286 g/mol. The first-order valence-corrected chi connectivity index (χ1v) is 6.71. The standard InChI is InChI=1S/C17H18O4/c1-20-14-9-6-10-17(11-14,16(19)21-2)12-15(18)13-7-4-3-5-8-13/h3-8,10-11H,9,12H2,1-2H3. The average molecular weight is 286 g/mol. The third-order valence-electron chi connectivity index (χ3n) is 3.53. The molecule has 4 heteroatoms. The predicted molar refractivity (Wildman–Crippen MR) is 78.7 cm³/mol. The van der Waals surface area contributed by atoms with Crippen molar-refractivity contribution in [2.24, 2.45) is 5.41 Å². The van der Waals surface area contributed by atoms with Gasteiger partial charge in [-0.1, -0.05) is 42.5 Å². The SMILES string of the molecule is COC(=O)C1(CC(=O)c2ccccc2)C=CCC(OC)=C1. The second-order valence-electron chi connectivity index (χ2n) is 4.92. The number of carbonyl (C=O) groups excluding carboxylic acids is 2. The number of allylic oxidation sites excluding steroid dienone is 1. The molecule has 21 heavy (non-hydrogen) atoms. The molecule has 0 heterocycles. The van der Waals surface area contributed by atoms with E-state index < -0.39 is 11.4 Å². The lowest BCUT2D eigenvalue weighted by Gasteiger charge is -2.27. The van der Waals surface area contributed by atoms with Gasteiger partial charge in [0.1, 0.15) is 5.41 Å². The van der Waals surface area contributed by atoms with E-state index in [4.69, 9.17) is 9.47 Å². The molecule has 0 aliphatic heterocycles. The molecule has 1 aromatic carbocycles. The number of hydrogen-bond donors (Lipinski definition) is 0. The number of ketones is 1. The topological polar surface area (TPSA) is 52.6 Å². The normalized spacial score (nSPS) is 20.6. The third kappa shape index (κ3) is 3.21. The van der Waals surface area contributed by atoms with Crippen LogP contribution in [-0.2, 0) is 14.3 Å². The van der Waals surface area contributed by atoms with E-state index in [2.05, 4.69) is 0 Å². The van der Waals surface area contributed by atoms with Gasteiger partial charge in [-0.2, -0.15) is 0 Å². The fourth-order valence-electron chi connectivity index (χ4n) is 2.41. The quantitative estimate of drug-likeness (QED) is 0.474. The molecule has 1 aliphatic carbocycles. The van der Waals surface area contributed by atoms with Crippen LogP contribution in [0.5, 0.6) is 0 Å². The molecule has 0 N–H and O–H groups in total. The van der Waals surface area contributed by atoms with Crippen LogP contribution in [0.4, 0.5) is 0 Å². The number of carbonyl (C=O) groups is 2. The highest BCUT2D eigenvalue weighted by atomic mass is 16.5. The lowest BCUT2D eigenvalue weighted by Crippen LogP contribution is -2.33. The molecule has 0 amide bonds. The summed E-state index contributed by atoms with van der Waals surface area (Å²) in [6.45, 7) is 0. The maximum Gasteiger partial charge on any atom is 0.320 e. The van der Waals surface area contributed by atoms with Crippen molar-refractivity contribution in [3.05, 3.63) is 59.9 Å². The molecule has 1 aromatic rings. The maximum atomic E-state index is 12.4. The zero-order valence-electron chi connectivity index (χ0n) is 12.2. The average Bonchev–Trinajstić information content (AvgIpc) is 2.54. The largest absolute Gasteiger partial charge is 0.501 e. The molecule has 0 aromatic heterocycles. The Kier molecular flexibility index (Phi) is 4.58. The maximum absolute atomic E-state index is 12.4. The van der Waals surface area contributed by atoms with Crippen LogP contribution < -0.4 is 0 Å². The molecule has 0 fully saturated rings. The van der Waals surface area contributed by atoms with E-state index in [0.29, 0.717) is 17.7 Å². The number of methoxy groups -OCH3 is 2. The molecule has 0 spiro atoms. The van der Waals surface area contributed by atoms with E-state index in [1.807, 2.05) is 12.1 Å². The number of hydrogen-bond acceptors (Lipinski definition) is 4. The predicted octanol–water partition coefficient (Wildman–Crippen LogP) is 2.91. The summed E-state index contributed by atoms with van der Waals surface area (Å²) in [6.07, 6.45) is 5.86. The second-order valence-corrected chi connectivity index (χ2v) is 4.92. The van der Waals surface area contributed by atoms with Crippen molar-refractivity contribution in [3.8, 4) is 0 Å². The fourth-order valence-corrected chi connectivity index (χ4v) is 2.41. The van der Waals surface area contributed by atoms with Crippen LogP contribution in [0.3, 0.4) is 0 Å². The second kappa shape index (κ2) is 6.39. The third-order valence-corrected chi connectivity index (χ3v) is 3.53. The summed E-state index contributed by atoms with van der Waals surface area (Å²) in [7, 11) is 2.87. The summed E-state index contributed by atoms with van der Waals surface area (Å²) in [5.74, 6) is 0.0836. The van der Waals surface area contributed by atoms with Gasteiger partial charge in [-0.15, -0.1) is 0 Å². The number of rotatable bonds is 5. The van der Waals surface area contributed by atoms with E-state index >= 15 is 0 Å². The molecule has 1 unspecified atom stereocenters. The molecule has 1 atom stereocenters. The van der Waals surface area contributed by atoms with Crippen molar-refractivity contribution < 1.29 is 19.1 Å². The van der Waals surface area contributed by atoms with Crippen molar-refractivity contribution in [1.29, 1.82) is 0 Å². The van der Waals surface area contributed by atoms with E-state index in [0.717, 1.165) is 0 Å². The van der Waals surface area contributed by atoms with Gasteiger partial charge in [0.25, 0.3) is 0 Å². The smallest absolute Gasteiger partial charge is 0.320 e. The molecule has 2 rings (SSSR count). The lowest BCUT2D eigenvalue weighted by molar-refractivity contribution is -0.147. The van der Waals surface area contributed by atoms with Crippen LogP contribution in [0.2, 0.25) is 0 Å². The molecular weight excluding hydrogens is 268 g/mol. The van der Waals surface area contributed by atoms with E-state index in [9.17, 15) is 9.59 Å². The molecule has 0 saturated heterocycles. The minimum Gasteiger partial charge on any atom is -0.501 e. The van der Waals surface area contributed by atoms with Crippen LogP contribution in [0.15, 0.2) is 54.3 Å². The van der Waals surface area contributed by atoms with Crippen LogP contribution in [-0.4, -0.2) is 26.0 Å². The summed E-state index contributed by atoms with van der Waals surface area (Å²) < 4.78 is 10.1. The zero-order valence-corrected chi connectivity index (χ0v) is 12.2. The van der Waals surface area contributed by atoms with Gasteiger partial charge in [0.15, 0.2) is 5.78 Å². The van der Waals surface area contributed by atoms with Crippen LogP contribution >= 0.6 is 0 Å². The van der Waals surface area contributed by atoms with Gasteiger partial charge in [-0.3, -0.25) is 9.59 Å². The highest BCUT2D eigenvalue weighted by molar-refractivity contribution is 6.00. The minimum absolute atomic E-state index is 0.0209. The van der Waals surface area contributed by atoms with Crippen molar-refractivity contribution in [2.75, 3.05) is 14.2 Å². The number of benzene rings is 1. The summed E-state index contributed by atoms with van der Waals surface area (Å²) in [5.41, 5.74) is -0.516. The summed E-state index contributed by atoms with van der Waals surface area (Å²) in [5, 5.41) is 0. The Labute approximate surface area is 124 Å².